The zero-order valence-corrected chi connectivity index (χ0v) is 15.0. The molecule has 0 unspecified atom stereocenters. The van der Waals surface area contributed by atoms with E-state index in [2.05, 4.69) is 4.99 Å². The standard InChI is InChI=1S/C17H29N3O4/c1-17(2,3)24-16(22)20-11-7-14(8-12-20)18-13-23-15(21)19-9-5-4-6-10-19/h13-14H,4-12H2,1-3H3. The molecule has 24 heavy (non-hydrogen) atoms. The summed E-state index contributed by atoms with van der Waals surface area (Å²) in [5, 5.41) is 0. The van der Waals surface area contributed by atoms with Crippen LogP contribution in [0.2, 0.25) is 0 Å². The second kappa shape index (κ2) is 8.35. The summed E-state index contributed by atoms with van der Waals surface area (Å²) in [4.78, 5) is 31.6. The normalized spacial score (nSPS) is 20.3. The number of hydrogen-bond donors (Lipinski definition) is 0. The molecule has 7 heteroatoms. The van der Waals surface area contributed by atoms with Crippen molar-refractivity contribution in [2.75, 3.05) is 26.2 Å². The van der Waals surface area contributed by atoms with Crippen LogP contribution in [0, 0.1) is 0 Å². The van der Waals surface area contributed by atoms with Crippen molar-refractivity contribution in [3.05, 3.63) is 0 Å². The van der Waals surface area contributed by atoms with Gasteiger partial charge in [0, 0.05) is 26.2 Å². The molecule has 2 aliphatic rings. The maximum absolute atomic E-state index is 12.0. The molecular formula is C17H29N3O4. The predicted molar refractivity (Wildman–Crippen MR) is 91.2 cm³/mol. The minimum absolute atomic E-state index is 0.0813. The van der Waals surface area contributed by atoms with Crippen LogP contribution in [-0.4, -0.2) is 66.2 Å². The second-order valence-corrected chi connectivity index (χ2v) is 7.38. The number of rotatable bonds is 2. The summed E-state index contributed by atoms with van der Waals surface area (Å²) in [6.45, 7) is 8.33. The molecule has 2 heterocycles. The Balaban J connectivity index is 1.68. The van der Waals surface area contributed by atoms with E-state index < -0.39 is 5.60 Å². The zero-order chi connectivity index (χ0) is 17.6. The van der Waals surface area contributed by atoms with Crippen LogP contribution in [0.15, 0.2) is 4.99 Å². The summed E-state index contributed by atoms with van der Waals surface area (Å²) in [5.41, 5.74) is -0.477. The minimum atomic E-state index is -0.477. The lowest BCUT2D eigenvalue weighted by atomic mass is 10.1. The molecule has 2 rings (SSSR count). The molecule has 0 N–H and O–H groups in total. The van der Waals surface area contributed by atoms with E-state index in [0.29, 0.717) is 13.1 Å². The van der Waals surface area contributed by atoms with Crippen LogP contribution in [0.5, 0.6) is 0 Å². The minimum Gasteiger partial charge on any atom is -0.444 e. The van der Waals surface area contributed by atoms with E-state index in [4.69, 9.17) is 9.47 Å². The molecule has 0 bridgehead atoms. The Bertz CT molecular complexity index is 459. The Morgan fingerprint density at radius 3 is 2.12 bits per heavy atom. The summed E-state index contributed by atoms with van der Waals surface area (Å²) in [6.07, 6.45) is 5.42. The lowest BCUT2D eigenvalue weighted by Gasteiger charge is -2.32. The molecule has 0 aromatic heterocycles. The maximum Gasteiger partial charge on any atom is 0.416 e. The Morgan fingerprint density at radius 1 is 0.958 bits per heavy atom. The van der Waals surface area contributed by atoms with E-state index in [1.807, 2.05) is 20.8 Å². The van der Waals surface area contributed by atoms with Crippen molar-refractivity contribution < 1.29 is 19.1 Å². The third-order valence-electron chi connectivity index (χ3n) is 4.16. The van der Waals surface area contributed by atoms with Crippen LogP contribution >= 0.6 is 0 Å². The summed E-state index contributed by atoms with van der Waals surface area (Å²) in [5.74, 6) is 0. The first-order valence-electron chi connectivity index (χ1n) is 8.80. The van der Waals surface area contributed by atoms with Crippen LogP contribution in [0.4, 0.5) is 9.59 Å². The van der Waals surface area contributed by atoms with Gasteiger partial charge in [0.2, 0.25) is 0 Å². The van der Waals surface area contributed by atoms with E-state index in [-0.39, 0.29) is 18.2 Å². The Kier molecular flexibility index (Phi) is 6.45. The van der Waals surface area contributed by atoms with E-state index in [1.165, 1.54) is 12.8 Å². The largest absolute Gasteiger partial charge is 0.444 e. The van der Waals surface area contributed by atoms with Gasteiger partial charge in [-0.25, -0.2) is 9.59 Å². The molecule has 2 amide bonds. The lowest BCUT2D eigenvalue weighted by molar-refractivity contribution is 0.0207. The van der Waals surface area contributed by atoms with Crippen LogP contribution in [-0.2, 0) is 9.47 Å². The molecular weight excluding hydrogens is 310 g/mol. The highest BCUT2D eigenvalue weighted by atomic mass is 16.6. The lowest BCUT2D eigenvalue weighted by Crippen LogP contribution is -2.42. The van der Waals surface area contributed by atoms with Crippen molar-refractivity contribution in [2.24, 2.45) is 4.99 Å². The Hall–Kier alpha value is -1.79. The van der Waals surface area contributed by atoms with Gasteiger partial charge in [0.15, 0.2) is 6.40 Å². The van der Waals surface area contributed by atoms with Gasteiger partial charge in [-0.15, -0.1) is 0 Å². The predicted octanol–water partition coefficient (Wildman–Crippen LogP) is 3.04. The number of ether oxygens (including phenoxy) is 2. The number of piperidine rings is 2. The van der Waals surface area contributed by atoms with Crippen molar-refractivity contribution in [2.45, 2.75) is 64.5 Å². The van der Waals surface area contributed by atoms with Crippen molar-refractivity contribution >= 4 is 18.6 Å². The highest BCUT2D eigenvalue weighted by molar-refractivity contribution is 5.76. The van der Waals surface area contributed by atoms with Crippen molar-refractivity contribution in [1.29, 1.82) is 0 Å². The Labute approximate surface area is 144 Å². The van der Waals surface area contributed by atoms with Crippen molar-refractivity contribution in [1.82, 2.24) is 9.80 Å². The second-order valence-electron chi connectivity index (χ2n) is 7.38. The smallest absolute Gasteiger partial charge is 0.416 e. The first-order chi connectivity index (χ1) is 11.3. The fourth-order valence-electron chi connectivity index (χ4n) is 2.84. The van der Waals surface area contributed by atoms with E-state index in [0.717, 1.165) is 38.8 Å². The SMILES string of the molecule is CC(C)(C)OC(=O)N1CCC(N=COC(=O)N2CCCCC2)CC1. The van der Waals surface area contributed by atoms with E-state index in [1.54, 1.807) is 9.80 Å². The maximum atomic E-state index is 12.0. The van der Waals surface area contributed by atoms with Crippen LogP contribution in [0.25, 0.3) is 0 Å². The van der Waals surface area contributed by atoms with Crippen molar-refractivity contribution in [3.63, 3.8) is 0 Å². The van der Waals surface area contributed by atoms with Crippen LogP contribution < -0.4 is 0 Å². The van der Waals surface area contributed by atoms with Crippen LogP contribution in [0.3, 0.4) is 0 Å². The number of likely N-dealkylation sites (tertiary alicyclic amines) is 2. The fraction of sp³-hybridized carbons (Fsp3) is 0.824. The number of carbonyl (C=O) groups is 2. The molecule has 7 nitrogen and oxygen atoms in total. The summed E-state index contributed by atoms with van der Waals surface area (Å²) in [7, 11) is 0. The average molecular weight is 339 g/mol. The number of nitrogens with zero attached hydrogens (tertiary/aromatic N) is 3. The van der Waals surface area contributed by atoms with Crippen LogP contribution in [0.1, 0.15) is 52.9 Å². The monoisotopic (exact) mass is 339 g/mol. The molecule has 0 atom stereocenters. The highest BCUT2D eigenvalue weighted by Gasteiger charge is 2.26. The topological polar surface area (TPSA) is 71.4 Å². The molecule has 0 radical (unpaired) electrons. The third kappa shape index (κ3) is 6.02. The number of carbonyl (C=O) groups excluding carboxylic acids is 2. The molecule has 0 aromatic carbocycles. The molecule has 0 aliphatic carbocycles. The van der Waals surface area contributed by atoms with Gasteiger partial charge in [-0.05, 0) is 52.9 Å². The molecule has 2 saturated heterocycles. The Morgan fingerprint density at radius 2 is 1.54 bits per heavy atom. The van der Waals surface area contributed by atoms with Gasteiger partial charge >= 0.3 is 12.2 Å². The molecule has 2 aliphatic heterocycles. The van der Waals surface area contributed by atoms with Gasteiger partial charge in [-0.1, -0.05) is 0 Å². The molecule has 136 valence electrons. The summed E-state index contributed by atoms with van der Waals surface area (Å²) in [6, 6.07) is 0.0813. The average Bonchev–Trinajstić information content (AvgIpc) is 2.54. The van der Waals surface area contributed by atoms with Gasteiger partial charge < -0.3 is 19.3 Å². The number of hydrogen-bond acceptors (Lipinski definition) is 5. The zero-order valence-electron chi connectivity index (χ0n) is 15.0. The van der Waals surface area contributed by atoms with Gasteiger partial charge in [0.05, 0.1) is 6.04 Å². The quantitative estimate of drug-likeness (QED) is 0.573. The fourth-order valence-corrected chi connectivity index (χ4v) is 2.84. The molecule has 2 fully saturated rings. The summed E-state index contributed by atoms with van der Waals surface area (Å²) >= 11 is 0. The van der Waals surface area contributed by atoms with Crippen molar-refractivity contribution in [3.8, 4) is 0 Å². The summed E-state index contributed by atoms with van der Waals surface area (Å²) < 4.78 is 10.5. The molecule has 0 spiro atoms. The first kappa shape index (κ1) is 18.5. The van der Waals surface area contributed by atoms with Gasteiger partial charge in [-0.2, -0.15) is 0 Å². The molecule has 0 saturated carbocycles. The van der Waals surface area contributed by atoms with Gasteiger partial charge in [-0.3, -0.25) is 4.99 Å². The van der Waals surface area contributed by atoms with Gasteiger partial charge in [0.25, 0.3) is 0 Å². The van der Waals surface area contributed by atoms with E-state index in [9.17, 15) is 9.59 Å². The third-order valence-corrected chi connectivity index (χ3v) is 4.16. The highest BCUT2D eigenvalue weighted by Crippen LogP contribution is 2.17. The first-order valence-corrected chi connectivity index (χ1v) is 8.80. The van der Waals surface area contributed by atoms with Gasteiger partial charge in [0.1, 0.15) is 5.60 Å². The number of aliphatic imine (C=N–C) groups is 1. The van der Waals surface area contributed by atoms with E-state index >= 15 is 0 Å². The molecule has 0 aromatic rings. The number of amides is 2.